The maximum Gasteiger partial charge on any atom is 0.347 e. The molecule has 0 bridgehead atoms. The van der Waals surface area contributed by atoms with E-state index in [0.29, 0.717) is 5.92 Å². The summed E-state index contributed by atoms with van der Waals surface area (Å²) < 4.78 is 10.6. The van der Waals surface area contributed by atoms with Crippen LogP contribution in [0.15, 0.2) is 0 Å². The molecule has 0 amide bonds. The Balaban J connectivity index is 5.04. The first-order valence-corrected chi connectivity index (χ1v) is 8.45. The first-order chi connectivity index (χ1) is 10.1. The molecule has 0 heterocycles. The Morgan fingerprint density at radius 3 is 2.00 bits per heavy atom. The van der Waals surface area contributed by atoms with Gasteiger partial charge in [-0.25, -0.2) is 4.79 Å². The number of hydrogen-bond acceptors (Lipinski definition) is 4. The van der Waals surface area contributed by atoms with Crippen LogP contribution in [0.2, 0.25) is 0 Å². The van der Waals surface area contributed by atoms with E-state index in [1.165, 1.54) is 0 Å². The fraction of sp³-hybridized carbons (Fsp3) is 0.889. The molecule has 0 saturated carbocycles. The molecule has 3 atom stereocenters. The zero-order valence-corrected chi connectivity index (χ0v) is 15.6. The summed E-state index contributed by atoms with van der Waals surface area (Å²) in [4.78, 5) is 24.7. The van der Waals surface area contributed by atoms with Crippen molar-refractivity contribution in [2.75, 3.05) is 6.61 Å². The van der Waals surface area contributed by atoms with Crippen molar-refractivity contribution in [1.29, 1.82) is 0 Å². The maximum atomic E-state index is 12.6. The van der Waals surface area contributed by atoms with Gasteiger partial charge in [0.05, 0.1) is 12.0 Å². The van der Waals surface area contributed by atoms with Crippen molar-refractivity contribution in [1.82, 2.24) is 0 Å². The zero-order valence-electron chi connectivity index (χ0n) is 15.6. The van der Waals surface area contributed by atoms with Gasteiger partial charge in [0.2, 0.25) is 6.10 Å². The van der Waals surface area contributed by atoms with Gasteiger partial charge in [-0.05, 0) is 45.4 Å². The summed E-state index contributed by atoms with van der Waals surface area (Å²) in [6.07, 6.45) is 0.872. The van der Waals surface area contributed by atoms with E-state index in [9.17, 15) is 9.59 Å². The van der Waals surface area contributed by atoms with Crippen LogP contribution in [-0.2, 0) is 19.1 Å². The third kappa shape index (κ3) is 5.98. The lowest BCUT2D eigenvalue weighted by molar-refractivity contribution is -0.179. The van der Waals surface area contributed by atoms with Crippen molar-refractivity contribution >= 4 is 11.9 Å². The van der Waals surface area contributed by atoms with Crippen LogP contribution < -0.4 is 0 Å². The monoisotopic (exact) mass is 314 g/mol. The minimum atomic E-state index is -0.817. The smallest absolute Gasteiger partial charge is 0.347 e. The minimum absolute atomic E-state index is 0.0563. The van der Waals surface area contributed by atoms with E-state index in [-0.39, 0.29) is 24.4 Å². The molecule has 3 unspecified atom stereocenters. The Bertz CT molecular complexity index is 360. The number of esters is 2. The molecule has 0 radical (unpaired) electrons. The molecule has 0 aliphatic rings. The van der Waals surface area contributed by atoms with Crippen LogP contribution in [0.3, 0.4) is 0 Å². The normalized spacial score (nSPS) is 16.0. The predicted octanol–water partition coefficient (Wildman–Crippen LogP) is 4.22. The summed E-state index contributed by atoms with van der Waals surface area (Å²) in [5, 5.41) is 0. The van der Waals surface area contributed by atoms with Gasteiger partial charge in [0, 0.05) is 5.92 Å². The number of hydrogen-bond donors (Lipinski definition) is 0. The van der Waals surface area contributed by atoms with Crippen molar-refractivity contribution in [2.45, 2.75) is 74.3 Å². The zero-order chi connectivity index (χ0) is 17.5. The quantitative estimate of drug-likeness (QED) is 0.598. The Labute approximate surface area is 135 Å². The van der Waals surface area contributed by atoms with Gasteiger partial charge in [-0.3, -0.25) is 4.79 Å². The Hall–Kier alpha value is -1.06. The molecule has 0 aromatic rings. The predicted molar refractivity (Wildman–Crippen MR) is 88.4 cm³/mol. The second-order valence-electron chi connectivity index (χ2n) is 7.22. The van der Waals surface area contributed by atoms with Crippen molar-refractivity contribution in [3.8, 4) is 0 Å². The molecule has 4 heteroatoms. The molecule has 0 aliphatic heterocycles. The van der Waals surface area contributed by atoms with Crippen LogP contribution in [0.4, 0.5) is 0 Å². The summed E-state index contributed by atoms with van der Waals surface area (Å²) in [5.74, 6) is -0.131. The highest BCUT2D eigenvalue weighted by molar-refractivity contribution is 5.82. The average Bonchev–Trinajstić information content (AvgIpc) is 2.42. The van der Waals surface area contributed by atoms with E-state index in [1.54, 1.807) is 6.92 Å². The van der Waals surface area contributed by atoms with Gasteiger partial charge >= 0.3 is 11.9 Å². The van der Waals surface area contributed by atoms with E-state index in [0.717, 1.165) is 12.8 Å². The first-order valence-electron chi connectivity index (χ1n) is 8.45. The second-order valence-corrected chi connectivity index (χ2v) is 7.22. The summed E-state index contributed by atoms with van der Waals surface area (Å²) in [6.45, 7) is 16.0. The van der Waals surface area contributed by atoms with Gasteiger partial charge in [-0.1, -0.05) is 34.6 Å². The van der Waals surface area contributed by atoms with Crippen molar-refractivity contribution < 1.29 is 19.1 Å². The van der Waals surface area contributed by atoms with Crippen LogP contribution in [0.25, 0.3) is 0 Å². The molecule has 0 rings (SSSR count). The highest BCUT2D eigenvalue weighted by Gasteiger charge is 2.39. The van der Waals surface area contributed by atoms with E-state index in [2.05, 4.69) is 20.8 Å². The second kappa shape index (κ2) is 9.16. The van der Waals surface area contributed by atoms with E-state index >= 15 is 0 Å². The summed E-state index contributed by atoms with van der Waals surface area (Å²) in [5.41, 5.74) is -0.623. The standard InChI is InChI=1S/C18H34O4/c1-9-13(5)15(16(19)21-10-2)22-17(20)18(7,8)14(6)11-12(3)4/h12-15H,9-11H2,1-8H3. The van der Waals surface area contributed by atoms with Gasteiger partial charge < -0.3 is 9.47 Å². The summed E-state index contributed by atoms with van der Waals surface area (Å²) >= 11 is 0. The molecule has 0 aliphatic carbocycles. The largest absolute Gasteiger partial charge is 0.463 e. The van der Waals surface area contributed by atoms with Gasteiger partial charge in [0.1, 0.15) is 0 Å². The molecule has 0 N–H and O–H groups in total. The molecular formula is C18H34O4. The average molecular weight is 314 g/mol. The fourth-order valence-electron chi connectivity index (χ4n) is 2.31. The molecule has 0 aromatic carbocycles. The molecule has 0 fully saturated rings. The fourth-order valence-corrected chi connectivity index (χ4v) is 2.31. The first kappa shape index (κ1) is 20.9. The van der Waals surface area contributed by atoms with Crippen molar-refractivity contribution in [2.24, 2.45) is 23.2 Å². The van der Waals surface area contributed by atoms with E-state index in [1.807, 2.05) is 27.7 Å². The number of carbonyl (C=O) groups excluding carboxylic acids is 2. The number of rotatable bonds is 9. The van der Waals surface area contributed by atoms with Gasteiger partial charge in [0.25, 0.3) is 0 Å². The lowest BCUT2D eigenvalue weighted by Crippen LogP contribution is -2.41. The molecule has 22 heavy (non-hydrogen) atoms. The molecule has 0 spiro atoms. The third-order valence-electron chi connectivity index (χ3n) is 4.50. The Morgan fingerprint density at radius 1 is 1.05 bits per heavy atom. The summed E-state index contributed by atoms with van der Waals surface area (Å²) in [6, 6.07) is 0. The summed E-state index contributed by atoms with van der Waals surface area (Å²) in [7, 11) is 0. The minimum Gasteiger partial charge on any atom is -0.463 e. The number of ether oxygens (including phenoxy) is 2. The SMILES string of the molecule is CCOC(=O)C(OC(=O)C(C)(C)C(C)CC(C)C)C(C)CC. The van der Waals surface area contributed by atoms with Crippen molar-refractivity contribution in [3.63, 3.8) is 0 Å². The highest BCUT2D eigenvalue weighted by atomic mass is 16.6. The lowest BCUT2D eigenvalue weighted by atomic mass is 9.76. The Kier molecular flexibility index (Phi) is 8.72. The molecule has 0 saturated heterocycles. The molecule has 130 valence electrons. The number of carbonyl (C=O) groups is 2. The van der Waals surface area contributed by atoms with Crippen LogP contribution in [0.5, 0.6) is 0 Å². The van der Waals surface area contributed by atoms with Crippen LogP contribution in [0, 0.1) is 23.2 Å². The molecular weight excluding hydrogens is 280 g/mol. The van der Waals surface area contributed by atoms with Gasteiger partial charge in [0.15, 0.2) is 0 Å². The van der Waals surface area contributed by atoms with Crippen LogP contribution >= 0.6 is 0 Å². The van der Waals surface area contributed by atoms with Gasteiger partial charge in [-0.2, -0.15) is 0 Å². The molecule has 4 nitrogen and oxygen atoms in total. The lowest BCUT2D eigenvalue weighted by Gasteiger charge is -2.33. The van der Waals surface area contributed by atoms with Crippen LogP contribution in [-0.4, -0.2) is 24.6 Å². The maximum absolute atomic E-state index is 12.6. The topological polar surface area (TPSA) is 52.6 Å². The molecule has 0 aromatic heterocycles. The van der Waals surface area contributed by atoms with E-state index < -0.39 is 17.5 Å². The van der Waals surface area contributed by atoms with Crippen LogP contribution in [0.1, 0.15) is 68.2 Å². The highest BCUT2D eigenvalue weighted by Crippen LogP contribution is 2.34. The van der Waals surface area contributed by atoms with Gasteiger partial charge in [-0.15, -0.1) is 0 Å². The van der Waals surface area contributed by atoms with Crippen molar-refractivity contribution in [3.05, 3.63) is 0 Å². The third-order valence-corrected chi connectivity index (χ3v) is 4.50. The van der Waals surface area contributed by atoms with E-state index in [4.69, 9.17) is 9.47 Å². The Morgan fingerprint density at radius 2 is 1.59 bits per heavy atom.